The van der Waals surface area contributed by atoms with Crippen LogP contribution in [0.3, 0.4) is 0 Å². The van der Waals surface area contributed by atoms with Crippen molar-refractivity contribution >= 4 is 51.5 Å². The molecule has 0 spiro atoms. The number of carbonyl (C=O) groups is 2. The molecular formula is C20H26IN5O5. The number of carbonyl (C=O) groups excluding carboxylic acids is 2. The molecular weight excluding hydrogens is 517 g/mol. The molecule has 2 aliphatic rings. The predicted octanol–water partition coefficient (Wildman–Crippen LogP) is 2.81. The summed E-state index contributed by atoms with van der Waals surface area (Å²) in [5, 5.41) is 3.52. The van der Waals surface area contributed by atoms with Gasteiger partial charge in [0, 0.05) is 48.4 Å². The SMILES string of the molecule is CC(=O)OC[C@H]1O[C@@H](n2cnc3c(NC4CCCC4)nc(I)nc32)[C@H](C)[C@@H]1OC(C)=O. The van der Waals surface area contributed by atoms with Crippen molar-refractivity contribution in [2.45, 2.75) is 70.9 Å². The summed E-state index contributed by atoms with van der Waals surface area (Å²) in [6.07, 6.45) is 4.72. The van der Waals surface area contributed by atoms with E-state index >= 15 is 0 Å². The summed E-state index contributed by atoms with van der Waals surface area (Å²) in [5.74, 6) is -0.317. The van der Waals surface area contributed by atoms with Crippen molar-refractivity contribution in [2.75, 3.05) is 11.9 Å². The Morgan fingerprint density at radius 2 is 2.00 bits per heavy atom. The van der Waals surface area contributed by atoms with Crippen LogP contribution in [0.5, 0.6) is 0 Å². The molecule has 0 radical (unpaired) electrons. The Hall–Kier alpha value is -2.02. The van der Waals surface area contributed by atoms with E-state index in [1.165, 1.54) is 26.7 Å². The molecule has 10 nitrogen and oxygen atoms in total. The Morgan fingerprint density at radius 1 is 1.26 bits per heavy atom. The van der Waals surface area contributed by atoms with Gasteiger partial charge in [-0.25, -0.2) is 15.0 Å². The highest BCUT2D eigenvalue weighted by molar-refractivity contribution is 14.1. The molecule has 1 saturated carbocycles. The zero-order chi connectivity index (χ0) is 22.1. The smallest absolute Gasteiger partial charge is 0.303 e. The lowest BCUT2D eigenvalue weighted by molar-refractivity contribution is -0.156. The molecule has 2 aromatic rings. The molecule has 1 aliphatic heterocycles. The number of aromatic nitrogens is 4. The first kappa shape index (κ1) is 22.2. The van der Waals surface area contributed by atoms with Crippen molar-refractivity contribution in [3.63, 3.8) is 0 Å². The maximum atomic E-state index is 11.7. The first-order valence-corrected chi connectivity index (χ1v) is 11.5. The van der Waals surface area contributed by atoms with Gasteiger partial charge in [-0.2, -0.15) is 0 Å². The third-order valence-electron chi connectivity index (χ3n) is 5.77. The van der Waals surface area contributed by atoms with Crippen LogP contribution < -0.4 is 5.32 Å². The first-order valence-electron chi connectivity index (χ1n) is 10.5. The number of nitrogens with zero attached hydrogens (tertiary/aromatic N) is 4. The summed E-state index contributed by atoms with van der Waals surface area (Å²) in [4.78, 5) is 36.7. The summed E-state index contributed by atoms with van der Waals surface area (Å²) in [5.41, 5.74) is 1.32. The lowest BCUT2D eigenvalue weighted by Crippen LogP contribution is -2.34. The fraction of sp³-hybridized carbons (Fsp3) is 0.650. The summed E-state index contributed by atoms with van der Waals surface area (Å²) in [6.45, 7) is 4.62. The Bertz CT molecular complexity index is 976. The molecule has 0 unspecified atom stereocenters. The van der Waals surface area contributed by atoms with Crippen molar-refractivity contribution in [1.29, 1.82) is 0 Å². The highest BCUT2D eigenvalue weighted by atomic mass is 127. The minimum Gasteiger partial charge on any atom is -0.463 e. The Labute approximate surface area is 193 Å². The summed E-state index contributed by atoms with van der Waals surface area (Å²) >= 11 is 2.10. The molecule has 11 heteroatoms. The van der Waals surface area contributed by atoms with E-state index in [9.17, 15) is 9.59 Å². The number of anilines is 1. The van der Waals surface area contributed by atoms with E-state index in [1.807, 2.05) is 11.5 Å². The van der Waals surface area contributed by atoms with Crippen molar-refractivity contribution in [2.24, 2.45) is 5.92 Å². The molecule has 3 heterocycles. The highest BCUT2D eigenvalue weighted by Gasteiger charge is 2.46. The van der Waals surface area contributed by atoms with Crippen LogP contribution in [0, 0.1) is 9.75 Å². The highest BCUT2D eigenvalue weighted by Crippen LogP contribution is 2.38. The molecule has 2 fully saturated rings. The second-order valence-corrected chi connectivity index (χ2v) is 9.06. The van der Waals surface area contributed by atoms with Crippen molar-refractivity contribution in [1.82, 2.24) is 19.5 Å². The van der Waals surface area contributed by atoms with Crippen LogP contribution in [-0.2, 0) is 23.8 Å². The minimum atomic E-state index is -0.581. The van der Waals surface area contributed by atoms with Gasteiger partial charge in [-0.05, 0) is 12.8 Å². The van der Waals surface area contributed by atoms with Gasteiger partial charge in [-0.1, -0.05) is 19.8 Å². The number of hydrogen-bond donors (Lipinski definition) is 1. The Balaban J connectivity index is 1.64. The number of hydrogen-bond acceptors (Lipinski definition) is 9. The first-order chi connectivity index (χ1) is 14.8. The van der Waals surface area contributed by atoms with Gasteiger partial charge in [0.15, 0.2) is 20.8 Å². The van der Waals surface area contributed by atoms with Gasteiger partial charge >= 0.3 is 11.9 Å². The second-order valence-electron chi connectivity index (χ2n) is 8.09. The average molecular weight is 543 g/mol. The maximum absolute atomic E-state index is 11.7. The van der Waals surface area contributed by atoms with Crippen LogP contribution in [0.1, 0.15) is 52.7 Å². The van der Waals surface area contributed by atoms with Gasteiger partial charge in [-0.3, -0.25) is 14.2 Å². The van der Waals surface area contributed by atoms with E-state index in [4.69, 9.17) is 14.2 Å². The molecule has 31 heavy (non-hydrogen) atoms. The van der Waals surface area contributed by atoms with Gasteiger partial charge in [0.2, 0.25) is 0 Å². The quantitative estimate of drug-likeness (QED) is 0.334. The molecule has 4 rings (SSSR count). The van der Waals surface area contributed by atoms with E-state index in [2.05, 4.69) is 42.9 Å². The zero-order valence-corrected chi connectivity index (χ0v) is 19.9. The zero-order valence-electron chi connectivity index (χ0n) is 17.7. The fourth-order valence-corrected chi connectivity index (χ4v) is 4.82. The number of rotatable bonds is 6. The lowest BCUT2D eigenvalue weighted by atomic mass is 10.0. The standard InChI is InChI=1S/C20H26IN5O5/c1-10-16(30-12(3)28)14(8-29-11(2)27)31-19(10)26-9-22-15-17(23-13-6-4-5-7-13)24-20(21)25-18(15)26/h9-10,13-14,16,19H,4-8H2,1-3H3,(H,23,24,25)/t10-,14-,16+,19-/m1/s1. The molecule has 1 aliphatic carbocycles. The van der Waals surface area contributed by atoms with Gasteiger partial charge in [0.05, 0.1) is 6.33 Å². The summed E-state index contributed by atoms with van der Waals surface area (Å²) in [7, 11) is 0. The monoisotopic (exact) mass is 543 g/mol. The minimum absolute atomic E-state index is 0.00174. The number of nitrogens with one attached hydrogen (secondary N) is 1. The van der Waals surface area contributed by atoms with Crippen molar-refractivity contribution < 1.29 is 23.8 Å². The van der Waals surface area contributed by atoms with Crippen LogP contribution in [0.25, 0.3) is 11.2 Å². The van der Waals surface area contributed by atoms with Crippen molar-refractivity contribution in [3.8, 4) is 0 Å². The van der Waals surface area contributed by atoms with E-state index in [0.29, 0.717) is 21.0 Å². The number of fused-ring (bicyclic) bond motifs is 1. The molecule has 1 saturated heterocycles. The molecule has 2 aromatic heterocycles. The van der Waals surface area contributed by atoms with Gasteiger partial charge in [-0.15, -0.1) is 0 Å². The topological polar surface area (TPSA) is 117 Å². The largest absolute Gasteiger partial charge is 0.463 e. The molecule has 0 amide bonds. The summed E-state index contributed by atoms with van der Waals surface area (Å²) < 4.78 is 19.3. The number of halogens is 1. The second kappa shape index (κ2) is 9.23. The van der Waals surface area contributed by atoms with E-state index in [1.54, 1.807) is 6.33 Å². The number of esters is 2. The van der Waals surface area contributed by atoms with E-state index < -0.39 is 30.4 Å². The Kier molecular flexibility index (Phi) is 6.60. The molecule has 4 atom stereocenters. The van der Waals surface area contributed by atoms with Gasteiger partial charge in [0.1, 0.15) is 25.0 Å². The number of imidazole rings is 1. The van der Waals surface area contributed by atoms with Crippen LogP contribution >= 0.6 is 22.6 Å². The third-order valence-corrected chi connectivity index (χ3v) is 6.25. The molecule has 168 valence electrons. The third kappa shape index (κ3) is 4.76. The molecule has 0 aromatic carbocycles. The maximum Gasteiger partial charge on any atom is 0.303 e. The van der Waals surface area contributed by atoms with Crippen LogP contribution in [0.15, 0.2) is 6.33 Å². The van der Waals surface area contributed by atoms with E-state index in [0.717, 1.165) is 18.7 Å². The van der Waals surface area contributed by atoms with Crippen LogP contribution in [0.4, 0.5) is 5.82 Å². The Morgan fingerprint density at radius 3 is 2.68 bits per heavy atom. The normalized spacial score (nSPS) is 26.3. The van der Waals surface area contributed by atoms with Gasteiger partial charge < -0.3 is 19.5 Å². The molecule has 1 N–H and O–H groups in total. The van der Waals surface area contributed by atoms with Crippen molar-refractivity contribution in [3.05, 3.63) is 10.2 Å². The van der Waals surface area contributed by atoms with Crippen LogP contribution in [0.2, 0.25) is 0 Å². The number of ether oxygens (including phenoxy) is 3. The summed E-state index contributed by atoms with van der Waals surface area (Å²) in [6, 6.07) is 0.391. The predicted molar refractivity (Wildman–Crippen MR) is 119 cm³/mol. The average Bonchev–Trinajstić information content (AvgIpc) is 3.41. The van der Waals surface area contributed by atoms with E-state index in [-0.39, 0.29) is 12.5 Å². The molecule has 0 bridgehead atoms. The van der Waals surface area contributed by atoms with Gasteiger partial charge in [0.25, 0.3) is 0 Å². The fourth-order valence-electron chi connectivity index (χ4n) is 4.35. The lowest BCUT2D eigenvalue weighted by Gasteiger charge is -2.20. The van der Waals surface area contributed by atoms with Crippen LogP contribution in [-0.4, -0.2) is 56.3 Å².